The molecule has 2 aromatic heterocycles. The summed E-state index contributed by atoms with van der Waals surface area (Å²) < 4.78 is 1.68. The number of allylic oxidation sites excluding steroid dienone is 1. The van der Waals surface area contributed by atoms with Crippen LogP contribution in [-0.4, -0.2) is 15.6 Å². The van der Waals surface area contributed by atoms with Gasteiger partial charge in [-0.05, 0) is 17.5 Å². The van der Waals surface area contributed by atoms with Gasteiger partial charge in [0.25, 0.3) is 5.91 Å². The Morgan fingerprint density at radius 3 is 2.87 bits per heavy atom. The molecular formula is C17H15N3O2S. The first-order valence-corrected chi connectivity index (χ1v) is 7.96. The Morgan fingerprint density at radius 2 is 2.13 bits per heavy atom. The number of hydrogen-bond donors (Lipinski definition) is 1. The van der Waals surface area contributed by atoms with Crippen molar-refractivity contribution >= 4 is 33.8 Å². The minimum atomic E-state index is -0.340. The number of carbonyl (C=O) groups excluding carboxylic acids is 1. The molecule has 0 aliphatic carbocycles. The molecule has 0 radical (unpaired) electrons. The monoisotopic (exact) mass is 325 g/mol. The van der Waals surface area contributed by atoms with E-state index < -0.39 is 0 Å². The molecule has 0 spiro atoms. The van der Waals surface area contributed by atoms with Crippen molar-refractivity contribution in [3.63, 3.8) is 0 Å². The molecule has 0 aliphatic heterocycles. The van der Waals surface area contributed by atoms with Crippen LogP contribution in [0.1, 0.15) is 4.88 Å². The zero-order valence-corrected chi connectivity index (χ0v) is 13.2. The van der Waals surface area contributed by atoms with Crippen LogP contribution in [0.3, 0.4) is 0 Å². The summed E-state index contributed by atoms with van der Waals surface area (Å²) in [7, 11) is 0. The number of para-hydroxylation sites is 1. The molecule has 0 aliphatic rings. The Bertz CT molecular complexity index is 879. The van der Waals surface area contributed by atoms with Crippen molar-refractivity contribution in [3.05, 3.63) is 59.3 Å². The number of carbonyl (C=O) groups is 1. The van der Waals surface area contributed by atoms with Gasteiger partial charge in [0, 0.05) is 16.8 Å². The predicted molar refractivity (Wildman–Crippen MR) is 91.3 cm³/mol. The topological polar surface area (TPSA) is 66.9 Å². The second-order valence-electron chi connectivity index (χ2n) is 4.94. The number of azo groups is 1. The summed E-state index contributed by atoms with van der Waals surface area (Å²) in [5.41, 5.74) is 1.13. The smallest absolute Gasteiger partial charge is 0.269 e. The number of hydrogen-bond acceptors (Lipinski definition) is 4. The van der Waals surface area contributed by atoms with Crippen molar-refractivity contribution in [2.75, 3.05) is 0 Å². The highest BCUT2D eigenvalue weighted by molar-refractivity contribution is 7.10. The van der Waals surface area contributed by atoms with E-state index in [0.717, 1.165) is 15.8 Å². The standard InChI is InChI=1S/C17H15N3O2S/c1-2-9-20-14-8-4-3-7-13(14)16(17(20)22)19-18-15(21)11-12-6-5-10-23-12/h2-8,10,22H,1,9,11H2. The summed E-state index contributed by atoms with van der Waals surface area (Å²) in [6.07, 6.45) is 1.91. The first-order valence-electron chi connectivity index (χ1n) is 7.08. The van der Waals surface area contributed by atoms with E-state index in [2.05, 4.69) is 16.8 Å². The van der Waals surface area contributed by atoms with E-state index in [-0.39, 0.29) is 18.2 Å². The largest absolute Gasteiger partial charge is 0.493 e. The van der Waals surface area contributed by atoms with Crippen molar-refractivity contribution in [2.24, 2.45) is 10.2 Å². The molecular weight excluding hydrogens is 310 g/mol. The zero-order valence-electron chi connectivity index (χ0n) is 12.3. The van der Waals surface area contributed by atoms with Gasteiger partial charge in [-0.1, -0.05) is 30.3 Å². The lowest BCUT2D eigenvalue weighted by atomic mass is 10.2. The number of thiophene rings is 1. The molecule has 0 unspecified atom stereocenters. The van der Waals surface area contributed by atoms with Crippen molar-refractivity contribution in [1.29, 1.82) is 0 Å². The molecule has 0 saturated carbocycles. The third-order valence-electron chi connectivity index (χ3n) is 3.40. The van der Waals surface area contributed by atoms with Gasteiger partial charge in [0.05, 0.1) is 11.9 Å². The average Bonchev–Trinajstić information content (AvgIpc) is 3.14. The quantitative estimate of drug-likeness (QED) is 0.556. The number of amides is 1. The summed E-state index contributed by atoms with van der Waals surface area (Å²) in [5, 5.41) is 20.8. The highest BCUT2D eigenvalue weighted by Gasteiger charge is 2.15. The van der Waals surface area contributed by atoms with Gasteiger partial charge in [-0.2, -0.15) is 0 Å². The molecule has 1 amide bonds. The molecule has 3 aromatic rings. The van der Waals surface area contributed by atoms with Crippen LogP contribution in [0.25, 0.3) is 10.9 Å². The molecule has 1 aromatic carbocycles. The number of nitrogens with zero attached hydrogens (tertiary/aromatic N) is 3. The summed E-state index contributed by atoms with van der Waals surface area (Å²) in [5.74, 6) is -0.355. The average molecular weight is 325 g/mol. The van der Waals surface area contributed by atoms with Gasteiger partial charge in [0.15, 0.2) is 5.69 Å². The van der Waals surface area contributed by atoms with Gasteiger partial charge in [-0.25, -0.2) is 0 Å². The Labute approximate surface area is 137 Å². The van der Waals surface area contributed by atoms with Crippen LogP contribution in [0, 0.1) is 0 Å². The summed E-state index contributed by atoms with van der Waals surface area (Å²) in [6, 6.07) is 11.2. The third-order valence-corrected chi connectivity index (χ3v) is 4.27. The fourth-order valence-electron chi connectivity index (χ4n) is 2.39. The maximum atomic E-state index is 11.9. The number of aromatic nitrogens is 1. The molecule has 116 valence electrons. The minimum Gasteiger partial charge on any atom is -0.493 e. The Morgan fingerprint density at radius 1 is 1.30 bits per heavy atom. The first-order chi connectivity index (χ1) is 11.2. The molecule has 0 bridgehead atoms. The first kappa shape index (κ1) is 15.2. The van der Waals surface area contributed by atoms with Crippen LogP contribution >= 0.6 is 11.3 Å². The zero-order chi connectivity index (χ0) is 16.2. The SMILES string of the molecule is C=CCn1c(O)c(N=NC(=O)Cc2cccs2)c2ccccc21. The number of rotatable bonds is 5. The van der Waals surface area contributed by atoms with E-state index in [1.807, 2.05) is 41.8 Å². The fourth-order valence-corrected chi connectivity index (χ4v) is 3.08. The Hall–Kier alpha value is -2.73. The van der Waals surface area contributed by atoms with Gasteiger partial charge in [0.2, 0.25) is 5.88 Å². The lowest BCUT2D eigenvalue weighted by Gasteiger charge is -2.01. The number of aromatic hydroxyl groups is 1. The van der Waals surface area contributed by atoms with Gasteiger partial charge in [-0.3, -0.25) is 4.79 Å². The van der Waals surface area contributed by atoms with Crippen LogP contribution in [-0.2, 0) is 17.8 Å². The lowest BCUT2D eigenvalue weighted by molar-refractivity contribution is -0.117. The van der Waals surface area contributed by atoms with Crippen LogP contribution in [0.4, 0.5) is 5.69 Å². The lowest BCUT2D eigenvalue weighted by Crippen LogP contribution is -1.95. The Kier molecular flexibility index (Phi) is 4.34. The summed E-state index contributed by atoms with van der Waals surface area (Å²) in [4.78, 5) is 12.8. The molecule has 6 heteroatoms. The van der Waals surface area contributed by atoms with E-state index in [4.69, 9.17) is 0 Å². The second kappa shape index (κ2) is 6.58. The molecule has 0 saturated heterocycles. The van der Waals surface area contributed by atoms with Crippen molar-refractivity contribution in [1.82, 2.24) is 4.57 Å². The predicted octanol–water partition coefficient (Wildman–Crippen LogP) is 4.45. The van der Waals surface area contributed by atoms with E-state index in [0.29, 0.717) is 12.2 Å². The molecule has 0 fully saturated rings. The molecule has 5 nitrogen and oxygen atoms in total. The molecule has 2 heterocycles. The molecule has 23 heavy (non-hydrogen) atoms. The third kappa shape index (κ3) is 3.07. The van der Waals surface area contributed by atoms with E-state index in [1.54, 1.807) is 10.6 Å². The van der Waals surface area contributed by atoms with Gasteiger partial charge >= 0.3 is 0 Å². The highest BCUT2D eigenvalue weighted by atomic mass is 32.1. The van der Waals surface area contributed by atoms with E-state index in [1.165, 1.54) is 11.3 Å². The molecule has 1 N–H and O–H groups in total. The maximum absolute atomic E-state index is 11.9. The fraction of sp³-hybridized carbons (Fsp3) is 0.118. The van der Waals surface area contributed by atoms with Crippen LogP contribution < -0.4 is 0 Å². The second-order valence-corrected chi connectivity index (χ2v) is 5.97. The number of benzene rings is 1. The normalized spacial score (nSPS) is 11.3. The van der Waals surface area contributed by atoms with Gasteiger partial charge in [0.1, 0.15) is 0 Å². The van der Waals surface area contributed by atoms with Crippen molar-refractivity contribution < 1.29 is 9.90 Å². The minimum absolute atomic E-state index is 0.0150. The summed E-state index contributed by atoms with van der Waals surface area (Å²) >= 11 is 1.50. The van der Waals surface area contributed by atoms with Gasteiger partial charge in [-0.15, -0.1) is 28.1 Å². The summed E-state index contributed by atoms with van der Waals surface area (Å²) in [6.45, 7) is 4.14. The molecule has 3 rings (SSSR count). The van der Waals surface area contributed by atoms with Crippen molar-refractivity contribution in [3.8, 4) is 5.88 Å². The van der Waals surface area contributed by atoms with Crippen LogP contribution in [0.15, 0.2) is 64.7 Å². The van der Waals surface area contributed by atoms with Gasteiger partial charge < -0.3 is 9.67 Å². The van der Waals surface area contributed by atoms with Crippen molar-refractivity contribution in [2.45, 2.75) is 13.0 Å². The molecule has 0 atom stereocenters. The maximum Gasteiger partial charge on any atom is 0.269 e. The van der Waals surface area contributed by atoms with E-state index >= 15 is 0 Å². The van der Waals surface area contributed by atoms with Crippen LogP contribution in [0.5, 0.6) is 5.88 Å². The van der Waals surface area contributed by atoms with E-state index in [9.17, 15) is 9.90 Å². The highest BCUT2D eigenvalue weighted by Crippen LogP contribution is 2.38. The Balaban J connectivity index is 1.93. The number of fused-ring (bicyclic) bond motifs is 1. The van der Waals surface area contributed by atoms with Crippen LogP contribution in [0.2, 0.25) is 0 Å².